The predicted molar refractivity (Wildman–Crippen MR) is 83.7 cm³/mol. The summed E-state index contributed by atoms with van der Waals surface area (Å²) < 4.78 is 13.3. The molecule has 0 aliphatic carbocycles. The predicted octanol–water partition coefficient (Wildman–Crippen LogP) is 1.57. The van der Waals surface area contributed by atoms with Gasteiger partial charge in [-0.05, 0) is 13.8 Å². The van der Waals surface area contributed by atoms with E-state index in [4.69, 9.17) is 9.47 Å². The van der Waals surface area contributed by atoms with E-state index in [0.717, 1.165) is 0 Å². The third kappa shape index (κ3) is 3.48. The monoisotopic (exact) mass is 319 g/mol. The Kier molecular flexibility index (Phi) is 4.03. The minimum atomic E-state index is -0.563. The molecule has 1 fully saturated rings. The zero-order valence-electron chi connectivity index (χ0n) is 13.7. The molecule has 1 amide bonds. The number of aromatic nitrogens is 4. The van der Waals surface area contributed by atoms with Crippen molar-refractivity contribution in [2.75, 3.05) is 11.9 Å². The number of nitrogens with zero attached hydrogens (tertiary/aromatic N) is 4. The molecule has 2 aromatic rings. The molecule has 1 atom stereocenters. The van der Waals surface area contributed by atoms with Crippen molar-refractivity contribution < 1.29 is 14.3 Å². The lowest BCUT2D eigenvalue weighted by Crippen LogP contribution is -2.24. The molecule has 23 heavy (non-hydrogen) atoms. The molecule has 3 heterocycles. The van der Waals surface area contributed by atoms with Crippen LogP contribution in [0.1, 0.15) is 27.7 Å². The van der Waals surface area contributed by atoms with Crippen LogP contribution in [0.5, 0.6) is 0 Å². The fourth-order valence-electron chi connectivity index (χ4n) is 2.38. The summed E-state index contributed by atoms with van der Waals surface area (Å²) in [5, 5.41) is 2.70. The second kappa shape index (κ2) is 5.86. The average molecular weight is 319 g/mol. The average Bonchev–Trinajstić information content (AvgIpc) is 3.02. The molecule has 1 aliphatic heterocycles. The molecule has 1 saturated heterocycles. The largest absolute Gasteiger partial charge is 0.348 e. The quantitative estimate of drug-likeness (QED) is 0.920. The Hall–Kier alpha value is -2.06. The van der Waals surface area contributed by atoms with E-state index >= 15 is 0 Å². The molecule has 3 rings (SSSR count). The van der Waals surface area contributed by atoms with E-state index in [1.165, 1.54) is 0 Å². The van der Waals surface area contributed by atoms with E-state index in [9.17, 15) is 4.79 Å². The van der Waals surface area contributed by atoms with Gasteiger partial charge in [0.15, 0.2) is 11.4 Å². The Morgan fingerprint density at radius 3 is 2.91 bits per heavy atom. The molecule has 8 heteroatoms. The maximum absolute atomic E-state index is 11.8. The molecular weight excluding hydrogens is 298 g/mol. The van der Waals surface area contributed by atoms with E-state index in [-0.39, 0.29) is 23.9 Å². The van der Waals surface area contributed by atoms with Crippen molar-refractivity contribution >= 4 is 23.0 Å². The van der Waals surface area contributed by atoms with Crippen LogP contribution in [0.4, 0.5) is 5.95 Å². The van der Waals surface area contributed by atoms with E-state index in [2.05, 4.69) is 20.3 Å². The van der Waals surface area contributed by atoms with Crippen LogP contribution < -0.4 is 5.32 Å². The van der Waals surface area contributed by atoms with Gasteiger partial charge in [-0.15, -0.1) is 0 Å². The van der Waals surface area contributed by atoms with Crippen LogP contribution in [0.3, 0.4) is 0 Å². The van der Waals surface area contributed by atoms with Crippen molar-refractivity contribution in [1.29, 1.82) is 0 Å². The first-order valence-electron chi connectivity index (χ1n) is 7.64. The molecule has 0 saturated carbocycles. The highest BCUT2D eigenvalue weighted by Gasteiger charge is 2.33. The first kappa shape index (κ1) is 15.8. The van der Waals surface area contributed by atoms with E-state index in [0.29, 0.717) is 24.3 Å². The van der Waals surface area contributed by atoms with E-state index < -0.39 is 5.79 Å². The van der Waals surface area contributed by atoms with Gasteiger partial charge in [0.1, 0.15) is 11.6 Å². The number of nitrogens with one attached hydrogen (secondary N) is 1. The molecule has 0 spiro atoms. The van der Waals surface area contributed by atoms with Crippen molar-refractivity contribution in [3.63, 3.8) is 0 Å². The summed E-state index contributed by atoms with van der Waals surface area (Å²) in [7, 11) is 0. The molecule has 0 aromatic carbocycles. The Labute approximate surface area is 134 Å². The first-order valence-corrected chi connectivity index (χ1v) is 7.64. The van der Waals surface area contributed by atoms with Gasteiger partial charge in [-0.25, -0.2) is 9.97 Å². The molecule has 2 aromatic heterocycles. The van der Waals surface area contributed by atoms with Crippen LogP contribution in [-0.2, 0) is 20.8 Å². The maximum atomic E-state index is 11.8. The molecule has 124 valence electrons. The Balaban J connectivity index is 1.80. The van der Waals surface area contributed by atoms with Gasteiger partial charge in [-0.3, -0.25) is 10.1 Å². The Morgan fingerprint density at radius 2 is 2.26 bits per heavy atom. The summed E-state index contributed by atoms with van der Waals surface area (Å²) in [6, 6.07) is 0. The second-order valence-electron chi connectivity index (χ2n) is 6.39. The summed E-state index contributed by atoms with van der Waals surface area (Å²) in [4.78, 5) is 24.6. The number of imidazole rings is 1. The number of carbonyl (C=O) groups excluding carboxylic acids is 1. The Bertz CT molecular complexity index is 725. The summed E-state index contributed by atoms with van der Waals surface area (Å²) in [5.41, 5.74) is 1.33. The van der Waals surface area contributed by atoms with Gasteiger partial charge in [0.25, 0.3) is 0 Å². The van der Waals surface area contributed by atoms with E-state index in [1.54, 1.807) is 12.5 Å². The number of fused-ring (bicyclic) bond motifs is 1. The lowest BCUT2D eigenvalue weighted by molar-refractivity contribution is -0.139. The zero-order chi connectivity index (χ0) is 16.6. The minimum Gasteiger partial charge on any atom is -0.348 e. The standard InChI is InChI=1S/C15H21N5O3/c1-9(2)13(21)19-14-16-5-11-12(18-14)20(8-17-11)6-10-7-22-15(3,4)23-10/h5,8-10H,6-7H2,1-4H3,(H,16,18,19,21)/t10-/m0/s1. The lowest BCUT2D eigenvalue weighted by atomic mass is 10.2. The van der Waals surface area contributed by atoms with E-state index in [1.807, 2.05) is 32.3 Å². The van der Waals surface area contributed by atoms with Crippen molar-refractivity contribution in [2.24, 2.45) is 5.92 Å². The molecule has 0 radical (unpaired) electrons. The molecule has 8 nitrogen and oxygen atoms in total. The number of ether oxygens (including phenoxy) is 2. The van der Waals surface area contributed by atoms with Crippen LogP contribution in [0, 0.1) is 5.92 Å². The highest BCUT2D eigenvalue weighted by atomic mass is 16.7. The van der Waals surface area contributed by atoms with Gasteiger partial charge in [0.2, 0.25) is 11.9 Å². The summed E-state index contributed by atoms with van der Waals surface area (Å²) in [6.07, 6.45) is 3.23. The Morgan fingerprint density at radius 1 is 1.48 bits per heavy atom. The molecule has 1 N–H and O–H groups in total. The van der Waals surface area contributed by atoms with Crippen molar-refractivity contribution in [1.82, 2.24) is 19.5 Å². The first-order chi connectivity index (χ1) is 10.8. The highest BCUT2D eigenvalue weighted by molar-refractivity contribution is 5.91. The number of carbonyl (C=O) groups is 1. The van der Waals surface area contributed by atoms with Gasteiger partial charge >= 0.3 is 0 Å². The number of anilines is 1. The number of hydrogen-bond acceptors (Lipinski definition) is 6. The third-order valence-electron chi connectivity index (χ3n) is 3.59. The van der Waals surface area contributed by atoms with Gasteiger partial charge in [-0.1, -0.05) is 13.8 Å². The van der Waals surface area contributed by atoms with Crippen LogP contribution >= 0.6 is 0 Å². The van der Waals surface area contributed by atoms with Crippen molar-refractivity contribution in [2.45, 2.75) is 46.1 Å². The number of amides is 1. The van der Waals surface area contributed by atoms with Gasteiger partial charge < -0.3 is 14.0 Å². The molecule has 0 unspecified atom stereocenters. The van der Waals surface area contributed by atoms with Crippen LogP contribution in [0.2, 0.25) is 0 Å². The summed E-state index contributed by atoms with van der Waals surface area (Å²) >= 11 is 0. The van der Waals surface area contributed by atoms with Crippen molar-refractivity contribution in [3.05, 3.63) is 12.5 Å². The van der Waals surface area contributed by atoms with Gasteiger partial charge in [-0.2, -0.15) is 4.98 Å². The topological polar surface area (TPSA) is 91.2 Å². The second-order valence-corrected chi connectivity index (χ2v) is 6.39. The van der Waals surface area contributed by atoms with Crippen LogP contribution in [0.15, 0.2) is 12.5 Å². The fourth-order valence-corrected chi connectivity index (χ4v) is 2.38. The number of rotatable bonds is 4. The van der Waals surface area contributed by atoms with Gasteiger partial charge in [0.05, 0.1) is 25.7 Å². The van der Waals surface area contributed by atoms with Crippen LogP contribution in [-0.4, -0.2) is 43.9 Å². The normalized spacial score (nSPS) is 20.3. The SMILES string of the molecule is CC(C)C(=O)Nc1ncc2ncn(C[C@H]3COC(C)(C)O3)c2n1. The van der Waals surface area contributed by atoms with Gasteiger partial charge in [0, 0.05) is 5.92 Å². The molecular formula is C15H21N5O3. The smallest absolute Gasteiger partial charge is 0.231 e. The lowest BCUT2D eigenvalue weighted by Gasteiger charge is -2.17. The van der Waals surface area contributed by atoms with Crippen molar-refractivity contribution in [3.8, 4) is 0 Å². The number of hydrogen-bond donors (Lipinski definition) is 1. The maximum Gasteiger partial charge on any atom is 0.231 e. The summed E-state index contributed by atoms with van der Waals surface area (Å²) in [6.45, 7) is 8.51. The third-order valence-corrected chi connectivity index (χ3v) is 3.59. The summed E-state index contributed by atoms with van der Waals surface area (Å²) in [5.74, 6) is -0.538. The molecule has 1 aliphatic rings. The molecule has 0 bridgehead atoms. The minimum absolute atomic E-state index is 0.0638. The highest BCUT2D eigenvalue weighted by Crippen LogP contribution is 2.24. The van der Waals surface area contributed by atoms with Crippen LogP contribution in [0.25, 0.3) is 11.2 Å². The fraction of sp³-hybridized carbons (Fsp3) is 0.600. The zero-order valence-corrected chi connectivity index (χ0v) is 13.7.